The predicted molar refractivity (Wildman–Crippen MR) is 89.2 cm³/mol. The molecule has 0 radical (unpaired) electrons. The van der Waals surface area contributed by atoms with E-state index >= 15 is 0 Å². The highest BCUT2D eigenvalue weighted by Crippen LogP contribution is 2.25. The van der Waals surface area contributed by atoms with Crippen LogP contribution in [0.3, 0.4) is 0 Å². The number of pyridine rings is 1. The lowest BCUT2D eigenvalue weighted by Gasteiger charge is -2.24. The average molecular weight is 328 g/mol. The molecule has 1 saturated heterocycles. The van der Waals surface area contributed by atoms with Crippen LogP contribution < -0.4 is 10.3 Å². The Morgan fingerprint density at radius 1 is 1.29 bits per heavy atom. The first-order chi connectivity index (χ1) is 11.5. The number of carbonyl (C=O) groups excluding carboxylic acids is 1. The second-order valence-electron chi connectivity index (χ2n) is 6.18. The smallest absolute Gasteiger partial charge is 0.270 e. The molecule has 3 rings (SSSR count). The van der Waals surface area contributed by atoms with Crippen molar-refractivity contribution >= 4 is 5.91 Å². The van der Waals surface area contributed by atoms with Gasteiger partial charge in [0.1, 0.15) is 23.7 Å². The highest BCUT2D eigenvalue weighted by molar-refractivity contribution is 5.92. The quantitative estimate of drug-likeness (QED) is 0.887. The van der Waals surface area contributed by atoms with E-state index in [4.69, 9.17) is 4.74 Å². The molecule has 24 heavy (non-hydrogen) atoms. The first-order valence-electron chi connectivity index (χ1n) is 7.86. The molecular weight excluding hydrogens is 308 g/mol. The Labute approximate surface area is 139 Å². The fourth-order valence-corrected chi connectivity index (χ4v) is 2.82. The van der Waals surface area contributed by atoms with Crippen LogP contribution in [0.4, 0.5) is 0 Å². The lowest BCUT2D eigenvalue weighted by molar-refractivity contribution is 0.00407. The Morgan fingerprint density at radius 3 is 2.83 bits per heavy atom. The summed E-state index contributed by atoms with van der Waals surface area (Å²) in [5.41, 5.74) is -0.189. The fourth-order valence-electron chi connectivity index (χ4n) is 2.82. The molecule has 0 saturated carbocycles. The molecule has 6 heteroatoms. The zero-order valence-corrected chi connectivity index (χ0v) is 13.5. The van der Waals surface area contributed by atoms with Gasteiger partial charge in [-0.25, -0.2) is 0 Å². The largest absolute Gasteiger partial charge is 0.490 e. The number of H-pyrrole nitrogens is 1. The summed E-state index contributed by atoms with van der Waals surface area (Å²) in [5.74, 6) is 0.433. The van der Waals surface area contributed by atoms with Gasteiger partial charge in [-0.2, -0.15) is 0 Å². The van der Waals surface area contributed by atoms with Gasteiger partial charge < -0.3 is 19.7 Å². The lowest BCUT2D eigenvalue weighted by Crippen LogP contribution is -2.41. The molecule has 126 valence electrons. The second kappa shape index (κ2) is 6.49. The molecule has 1 aliphatic heterocycles. The molecule has 2 heterocycles. The van der Waals surface area contributed by atoms with Gasteiger partial charge in [-0.1, -0.05) is 24.3 Å². The van der Waals surface area contributed by atoms with Crippen LogP contribution in [0.1, 0.15) is 22.5 Å². The van der Waals surface area contributed by atoms with Crippen molar-refractivity contribution in [1.29, 1.82) is 0 Å². The number of aromatic nitrogens is 1. The number of ether oxygens (including phenoxy) is 1. The number of carbonyl (C=O) groups is 1. The molecular formula is C18H20N2O4. The third kappa shape index (κ3) is 3.49. The van der Waals surface area contributed by atoms with E-state index < -0.39 is 5.60 Å². The van der Waals surface area contributed by atoms with E-state index in [1.165, 1.54) is 17.0 Å². The van der Waals surface area contributed by atoms with Crippen LogP contribution in [0.5, 0.6) is 5.75 Å². The standard InChI is InChI=1S/C18H20N2O4/c1-13-5-2-3-7-15(13)24-12-18(23)9-10-20(11-18)17(22)14-6-4-8-16(21)19-14/h2-8,23H,9-12H2,1H3,(H,19,21). The van der Waals surface area contributed by atoms with Crippen molar-refractivity contribution in [2.75, 3.05) is 19.7 Å². The molecule has 0 bridgehead atoms. The number of benzene rings is 1. The zero-order chi connectivity index (χ0) is 17.2. The minimum absolute atomic E-state index is 0.118. The summed E-state index contributed by atoms with van der Waals surface area (Å²) >= 11 is 0. The van der Waals surface area contributed by atoms with E-state index in [0.29, 0.717) is 13.0 Å². The Morgan fingerprint density at radius 2 is 2.08 bits per heavy atom. The number of rotatable bonds is 4. The molecule has 1 amide bonds. The van der Waals surface area contributed by atoms with Crippen molar-refractivity contribution in [1.82, 2.24) is 9.88 Å². The molecule has 1 aromatic carbocycles. The summed E-state index contributed by atoms with van der Waals surface area (Å²) in [6, 6.07) is 12.0. The van der Waals surface area contributed by atoms with Crippen LogP contribution in [-0.4, -0.2) is 46.2 Å². The summed E-state index contributed by atoms with van der Waals surface area (Å²) in [5, 5.41) is 10.7. The number of aliphatic hydroxyl groups is 1. The van der Waals surface area contributed by atoms with Crippen LogP contribution in [0, 0.1) is 6.92 Å². The Hall–Kier alpha value is -2.60. The molecule has 0 spiro atoms. The first kappa shape index (κ1) is 16.3. The van der Waals surface area contributed by atoms with E-state index in [9.17, 15) is 14.7 Å². The van der Waals surface area contributed by atoms with E-state index in [-0.39, 0.29) is 30.3 Å². The third-order valence-electron chi connectivity index (χ3n) is 4.21. The van der Waals surface area contributed by atoms with Gasteiger partial charge in [-0.05, 0) is 31.0 Å². The number of aromatic amines is 1. The maximum atomic E-state index is 12.4. The van der Waals surface area contributed by atoms with E-state index in [1.807, 2.05) is 31.2 Å². The van der Waals surface area contributed by atoms with Gasteiger partial charge in [0, 0.05) is 12.6 Å². The van der Waals surface area contributed by atoms with Crippen LogP contribution >= 0.6 is 0 Å². The first-order valence-corrected chi connectivity index (χ1v) is 7.86. The Balaban J connectivity index is 1.64. The van der Waals surface area contributed by atoms with Gasteiger partial charge in [-0.15, -0.1) is 0 Å². The average Bonchev–Trinajstić information content (AvgIpc) is 2.96. The maximum absolute atomic E-state index is 12.4. The summed E-state index contributed by atoms with van der Waals surface area (Å²) in [6.07, 6.45) is 0.432. The summed E-state index contributed by atoms with van der Waals surface area (Å²) in [6.45, 7) is 2.65. The van der Waals surface area contributed by atoms with Crippen molar-refractivity contribution in [3.63, 3.8) is 0 Å². The van der Waals surface area contributed by atoms with Gasteiger partial charge in [0.05, 0.1) is 6.54 Å². The SMILES string of the molecule is Cc1ccccc1OCC1(O)CCN(C(=O)c2cccc(=O)[nH]2)C1. The Kier molecular flexibility index (Phi) is 4.40. The highest BCUT2D eigenvalue weighted by atomic mass is 16.5. The predicted octanol–water partition coefficient (Wildman–Crippen LogP) is 1.34. The number of aryl methyl sites for hydroxylation is 1. The zero-order valence-electron chi connectivity index (χ0n) is 13.5. The van der Waals surface area contributed by atoms with Gasteiger partial charge >= 0.3 is 0 Å². The molecule has 1 aromatic heterocycles. The number of nitrogens with zero attached hydrogens (tertiary/aromatic N) is 1. The van der Waals surface area contributed by atoms with Gasteiger partial charge in [-0.3, -0.25) is 9.59 Å². The summed E-state index contributed by atoms with van der Waals surface area (Å²) in [7, 11) is 0. The third-order valence-corrected chi connectivity index (χ3v) is 4.21. The number of hydrogen-bond acceptors (Lipinski definition) is 4. The minimum Gasteiger partial charge on any atom is -0.490 e. The minimum atomic E-state index is -1.09. The number of likely N-dealkylation sites (tertiary alicyclic amines) is 1. The molecule has 2 aromatic rings. The maximum Gasteiger partial charge on any atom is 0.270 e. The number of β-amino-alcohol motifs (C(OH)–C–C–N with tert-alkyl or cyclic N) is 1. The van der Waals surface area contributed by atoms with Gasteiger partial charge in [0.25, 0.3) is 5.91 Å². The van der Waals surface area contributed by atoms with Crippen molar-refractivity contribution < 1.29 is 14.6 Å². The Bertz CT molecular complexity index is 801. The fraction of sp³-hybridized carbons (Fsp3) is 0.333. The molecule has 2 N–H and O–H groups in total. The molecule has 1 fully saturated rings. The van der Waals surface area contributed by atoms with E-state index in [1.54, 1.807) is 6.07 Å². The van der Waals surface area contributed by atoms with Gasteiger partial charge in [0.2, 0.25) is 5.56 Å². The monoisotopic (exact) mass is 328 g/mol. The van der Waals surface area contributed by atoms with Crippen molar-refractivity contribution in [3.05, 3.63) is 64.1 Å². The van der Waals surface area contributed by atoms with Gasteiger partial charge in [0.15, 0.2) is 0 Å². The summed E-state index contributed by atoms with van der Waals surface area (Å²) in [4.78, 5) is 27.8. The number of nitrogens with one attached hydrogen (secondary N) is 1. The molecule has 6 nitrogen and oxygen atoms in total. The topological polar surface area (TPSA) is 82.6 Å². The van der Waals surface area contributed by atoms with Crippen molar-refractivity contribution in [2.45, 2.75) is 18.9 Å². The number of para-hydroxylation sites is 1. The molecule has 1 atom stereocenters. The van der Waals surface area contributed by atoms with E-state index in [2.05, 4.69) is 4.98 Å². The summed E-state index contributed by atoms with van der Waals surface area (Å²) < 4.78 is 5.73. The number of hydrogen-bond donors (Lipinski definition) is 2. The van der Waals surface area contributed by atoms with Crippen LogP contribution in [0.2, 0.25) is 0 Å². The van der Waals surface area contributed by atoms with Crippen molar-refractivity contribution in [3.8, 4) is 5.75 Å². The second-order valence-corrected chi connectivity index (χ2v) is 6.18. The van der Waals surface area contributed by atoms with Crippen molar-refractivity contribution in [2.24, 2.45) is 0 Å². The van der Waals surface area contributed by atoms with Crippen LogP contribution in [-0.2, 0) is 0 Å². The molecule has 1 aliphatic rings. The van der Waals surface area contributed by atoms with Crippen LogP contribution in [0.15, 0.2) is 47.3 Å². The van der Waals surface area contributed by atoms with Crippen LogP contribution in [0.25, 0.3) is 0 Å². The lowest BCUT2D eigenvalue weighted by atomic mass is 10.1. The molecule has 1 unspecified atom stereocenters. The number of amides is 1. The van der Waals surface area contributed by atoms with E-state index in [0.717, 1.165) is 11.3 Å². The highest BCUT2D eigenvalue weighted by Gasteiger charge is 2.39. The normalized spacial score (nSPS) is 20.2. The molecule has 0 aliphatic carbocycles.